The summed E-state index contributed by atoms with van der Waals surface area (Å²) < 4.78 is 44.2. The van der Waals surface area contributed by atoms with Gasteiger partial charge in [0.05, 0.1) is 31.1 Å². The van der Waals surface area contributed by atoms with Crippen LogP contribution in [0.1, 0.15) is 5.56 Å². The molecule has 7 nitrogen and oxygen atoms in total. The molecule has 1 fully saturated rings. The maximum Gasteiger partial charge on any atom is 0.416 e. The first-order valence-electron chi connectivity index (χ1n) is 9.35. The van der Waals surface area contributed by atoms with Gasteiger partial charge in [0.2, 0.25) is 0 Å². The molecule has 0 saturated carbocycles. The molecule has 0 radical (unpaired) electrons. The average Bonchev–Trinajstić information content (AvgIpc) is 2.94. The van der Waals surface area contributed by atoms with E-state index >= 15 is 0 Å². The highest BCUT2D eigenvalue weighted by molar-refractivity contribution is 6.52. The van der Waals surface area contributed by atoms with Gasteiger partial charge in [-0.05, 0) is 18.2 Å². The van der Waals surface area contributed by atoms with E-state index in [-0.39, 0.29) is 29.6 Å². The molecule has 2 amide bonds. The van der Waals surface area contributed by atoms with E-state index in [4.69, 9.17) is 21.4 Å². The van der Waals surface area contributed by atoms with Gasteiger partial charge in [0.15, 0.2) is 0 Å². The lowest BCUT2D eigenvalue weighted by atomic mass is 10.2. The summed E-state index contributed by atoms with van der Waals surface area (Å²) in [5, 5.41) is 8.41. The third-order valence-electron chi connectivity index (χ3n) is 4.91. The minimum Gasteiger partial charge on any atom is -0.394 e. The van der Waals surface area contributed by atoms with E-state index in [1.54, 1.807) is 4.90 Å². The van der Waals surface area contributed by atoms with Crippen LogP contribution < -0.4 is 4.90 Å². The molecule has 0 bridgehead atoms. The first kappa shape index (κ1) is 22.5. The molecule has 1 saturated heterocycles. The van der Waals surface area contributed by atoms with Crippen LogP contribution in [0.4, 0.5) is 18.9 Å². The normalized spacial score (nSPS) is 18.7. The van der Waals surface area contributed by atoms with Crippen LogP contribution in [0.5, 0.6) is 0 Å². The molecule has 2 aliphatic heterocycles. The van der Waals surface area contributed by atoms with Crippen molar-refractivity contribution in [2.45, 2.75) is 6.18 Å². The second kappa shape index (κ2) is 9.34. The molecule has 1 N–H and O–H groups in total. The molecule has 1 aromatic rings. The monoisotopic (exact) mass is 447 g/mol. The molecule has 0 spiro atoms. The largest absolute Gasteiger partial charge is 0.416 e. The lowest BCUT2D eigenvalue weighted by Gasteiger charge is -2.36. The zero-order valence-electron chi connectivity index (χ0n) is 16.0. The number of carbonyl (C=O) groups excluding carboxylic acids is 2. The summed E-state index contributed by atoms with van der Waals surface area (Å²) in [4.78, 5) is 29.9. The van der Waals surface area contributed by atoms with Gasteiger partial charge in [-0.1, -0.05) is 17.7 Å². The van der Waals surface area contributed by atoms with Crippen LogP contribution in [-0.2, 0) is 20.5 Å². The number of rotatable bonds is 7. The summed E-state index contributed by atoms with van der Waals surface area (Å²) in [5.74, 6) is -1.57. The smallest absolute Gasteiger partial charge is 0.394 e. The molecule has 11 heteroatoms. The van der Waals surface area contributed by atoms with Gasteiger partial charge in [-0.2, -0.15) is 13.2 Å². The highest BCUT2D eigenvalue weighted by Crippen LogP contribution is 2.35. The minimum absolute atomic E-state index is 0.00950. The quantitative estimate of drug-likeness (QED) is 0.506. The maximum atomic E-state index is 13.0. The highest BCUT2D eigenvalue weighted by Gasteiger charge is 2.42. The van der Waals surface area contributed by atoms with E-state index in [1.165, 1.54) is 6.07 Å². The van der Waals surface area contributed by atoms with Gasteiger partial charge in [-0.25, -0.2) is 4.90 Å². The van der Waals surface area contributed by atoms with Crippen molar-refractivity contribution in [1.29, 1.82) is 0 Å². The molecule has 2 aliphatic rings. The van der Waals surface area contributed by atoms with Gasteiger partial charge in [-0.3, -0.25) is 14.5 Å². The van der Waals surface area contributed by atoms with Gasteiger partial charge in [0, 0.05) is 32.7 Å². The van der Waals surface area contributed by atoms with Crippen LogP contribution in [0, 0.1) is 0 Å². The number of halogens is 4. The third kappa shape index (κ3) is 4.77. The van der Waals surface area contributed by atoms with E-state index in [0.717, 1.165) is 18.2 Å². The molecule has 30 heavy (non-hydrogen) atoms. The van der Waals surface area contributed by atoms with Crippen molar-refractivity contribution in [3.05, 3.63) is 40.6 Å². The Morgan fingerprint density at radius 3 is 2.40 bits per heavy atom. The molecule has 2 heterocycles. The number of anilines is 1. The third-order valence-corrected chi connectivity index (χ3v) is 5.25. The van der Waals surface area contributed by atoms with Crippen molar-refractivity contribution in [2.75, 3.05) is 57.4 Å². The van der Waals surface area contributed by atoms with Crippen LogP contribution in [0.25, 0.3) is 0 Å². The maximum absolute atomic E-state index is 13.0. The predicted molar refractivity (Wildman–Crippen MR) is 103 cm³/mol. The number of imide groups is 1. The number of hydrogen-bond donors (Lipinski definition) is 1. The Kier molecular flexibility index (Phi) is 7.02. The fourth-order valence-corrected chi connectivity index (χ4v) is 3.66. The van der Waals surface area contributed by atoms with Gasteiger partial charge < -0.3 is 14.7 Å². The van der Waals surface area contributed by atoms with Crippen LogP contribution >= 0.6 is 11.6 Å². The molecule has 164 valence electrons. The number of nitrogens with zero attached hydrogens (tertiary/aromatic N) is 3. The van der Waals surface area contributed by atoms with Crippen molar-refractivity contribution in [2.24, 2.45) is 0 Å². The molecular formula is C19H21ClF3N3O4. The number of hydrogen-bond acceptors (Lipinski definition) is 6. The summed E-state index contributed by atoms with van der Waals surface area (Å²) in [6.07, 6.45) is -4.60. The summed E-state index contributed by atoms with van der Waals surface area (Å²) in [5.41, 5.74) is -1.12. The second-order valence-electron chi connectivity index (χ2n) is 6.82. The zero-order chi connectivity index (χ0) is 21.9. The van der Waals surface area contributed by atoms with Crippen LogP contribution in [0.2, 0.25) is 0 Å². The summed E-state index contributed by atoms with van der Waals surface area (Å²) >= 11 is 6.13. The van der Waals surface area contributed by atoms with Crippen molar-refractivity contribution < 1.29 is 32.6 Å². The summed E-state index contributed by atoms with van der Waals surface area (Å²) in [6, 6.07) is 4.03. The number of piperazine rings is 1. The number of alkyl halides is 3. The standard InChI is InChI=1S/C19H21ClF3N3O4/c20-15-16(25-6-4-24(5-7-25)8-10-30-11-9-27)18(29)26(17(15)28)14-3-1-2-13(12-14)19(21,22)23/h1-3,12,27H,4-11H2. The van der Waals surface area contributed by atoms with Gasteiger partial charge in [0.25, 0.3) is 11.8 Å². The topological polar surface area (TPSA) is 73.3 Å². The first-order valence-corrected chi connectivity index (χ1v) is 9.73. The number of carbonyl (C=O) groups is 2. The summed E-state index contributed by atoms with van der Waals surface area (Å²) in [6.45, 7) is 3.41. The highest BCUT2D eigenvalue weighted by atomic mass is 35.5. The van der Waals surface area contributed by atoms with Crippen molar-refractivity contribution in [3.63, 3.8) is 0 Å². The number of aliphatic hydroxyl groups excluding tert-OH is 1. The lowest BCUT2D eigenvalue weighted by molar-refractivity contribution is -0.137. The van der Waals surface area contributed by atoms with E-state index in [2.05, 4.69) is 4.90 Å². The molecule has 0 atom stereocenters. The predicted octanol–water partition coefficient (Wildman–Crippen LogP) is 1.66. The van der Waals surface area contributed by atoms with Gasteiger partial charge in [-0.15, -0.1) is 0 Å². The Morgan fingerprint density at radius 2 is 1.77 bits per heavy atom. The van der Waals surface area contributed by atoms with E-state index in [1.807, 2.05) is 0 Å². The Balaban J connectivity index is 1.68. The van der Waals surface area contributed by atoms with E-state index < -0.39 is 23.6 Å². The fraction of sp³-hybridized carbons (Fsp3) is 0.474. The first-order chi connectivity index (χ1) is 14.2. The molecule has 0 aromatic heterocycles. The molecule has 0 unspecified atom stereocenters. The Labute approximate surface area is 176 Å². The van der Waals surface area contributed by atoms with Crippen molar-refractivity contribution >= 4 is 29.1 Å². The average molecular weight is 448 g/mol. The molecular weight excluding hydrogens is 427 g/mol. The fourth-order valence-electron chi connectivity index (χ4n) is 3.38. The van der Waals surface area contributed by atoms with Gasteiger partial charge in [0.1, 0.15) is 10.7 Å². The Morgan fingerprint density at radius 1 is 1.07 bits per heavy atom. The molecule has 3 rings (SSSR count). The van der Waals surface area contributed by atoms with Gasteiger partial charge >= 0.3 is 6.18 Å². The van der Waals surface area contributed by atoms with Crippen LogP contribution in [-0.4, -0.2) is 79.3 Å². The number of aliphatic hydroxyl groups is 1. The Bertz CT molecular complexity index is 839. The molecule has 0 aliphatic carbocycles. The number of benzene rings is 1. The van der Waals surface area contributed by atoms with Crippen molar-refractivity contribution in [3.8, 4) is 0 Å². The SMILES string of the molecule is O=C1C(Cl)=C(N2CCN(CCOCCO)CC2)C(=O)N1c1cccc(C(F)(F)F)c1. The Hall–Kier alpha value is -2.14. The lowest BCUT2D eigenvalue weighted by Crippen LogP contribution is -2.48. The van der Waals surface area contributed by atoms with E-state index in [0.29, 0.717) is 44.2 Å². The minimum atomic E-state index is -4.60. The number of ether oxygens (including phenoxy) is 1. The van der Waals surface area contributed by atoms with E-state index in [9.17, 15) is 22.8 Å². The van der Waals surface area contributed by atoms with Crippen LogP contribution in [0.15, 0.2) is 35.0 Å². The number of amides is 2. The zero-order valence-corrected chi connectivity index (χ0v) is 16.7. The van der Waals surface area contributed by atoms with Crippen molar-refractivity contribution in [1.82, 2.24) is 9.80 Å². The second-order valence-corrected chi connectivity index (χ2v) is 7.20. The van der Waals surface area contributed by atoms with Crippen LogP contribution in [0.3, 0.4) is 0 Å². The molecule has 1 aromatic carbocycles. The summed E-state index contributed by atoms with van der Waals surface area (Å²) in [7, 11) is 0.